The van der Waals surface area contributed by atoms with Crippen molar-refractivity contribution in [1.29, 1.82) is 0 Å². The Labute approximate surface area is 207 Å². The van der Waals surface area contributed by atoms with Crippen LogP contribution in [0.25, 0.3) is 6.08 Å². The molecule has 3 aromatic rings. The van der Waals surface area contributed by atoms with Gasteiger partial charge in [0.25, 0.3) is 5.91 Å². The van der Waals surface area contributed by atoms with Gasteiger partial charge in [-0.2, -0.15) is 0 Å². The van der Waals surface area contributed by atoms with Gasteiger partial charge in [-0.3, -0.25) is 9.59 Å². The number of rotatable bonds is 11. The average Bonchev–Trinajstić information content (AvgIpc) is 2.84. The molecule has 0 heterocycles. The van der Waals surface area contributed by atoms with Crippen molar-refractivity contribution in [3.8, 4) is 5.75 Å². The molecule has 0 fully saturated rings. The number of hydrogen-bond acceptors (Lipinski definition) is 5. The topological polar surface area (TPSA) is 61.9 Å². The second-order valence-corrected chi connectivity index (χ2v) is 8.76. The fraction of sp³-hybridized carbons (Fsp3) is 0.241. The summed E-state index contributed by atoms with van der Waals surface area (Å²) in [5, 5.41) is 2.89. The second kappa shape index (κ2) is 12.5. The first-order valence-electron chi connectivity index (χ1n) is 11.6. The Morgan fingerprint density at radius 1 is 0.971 bits per heavy atom. The first-order valence-corrected chi connectivity index (χ1v) is 11.6. The van der Waals surface area contributed by atoms with Crippen molar-refractivity contribution in [1.82, 2.24) is 10.2 Å². The van der Waals surface area contributed by atoms with E-state index < -0.39 is 0 Å². The standard InChI is InChI=1S/C29H33N3O3/c1-22-8-7-9-24(18-22)20-32(4)27-10-5-6-11-28(27)35-26(21-33)19-23-12-14-25(15-13-23)29(34)30-16-17-31(2)3/h5-15,18-19,21H,16-17,20H2,1-4H3,(H,30,34)/b26-19-. The SMILES string of the molecule is Cc1cccc(CN(C)c2ccccc2O/C(C=O)=C\c2ccc(C(=O)NCCN(C)C)cc2)c1. The number of benzene rings is 3. The molecule has 6 nitrogen and oxygen atoms in total. The van der Waals surface area contributed by atoms with E-state index in [-0.39, 0.29) is 11.7 Å². The Balaban J connectivity index is 1.71. The van der Waals surface area contributed by atoms with E-state index >= 15 is 0 Å². The van der Waals surface area contributed by atoms with Crippen LogP contribution in [0, 0.1) is 6.92 Å². The predicted molar refractivity (Wildman–Crippen MR) is 142 cm³/mol. The maximum Gasteiger partial charge on any atom is 0.251 e. The van der Waals surface area contributed by atoms with Crippen molar-refractivity contribution in [2.75, 3.05) is 39.1 Å². The van der Waals surface area contributed by atoms with E-state index in [2.05, 4.69) is 35.3 Å². The summed E-state index contributed by atoms with van der Waals surface area (Å²) in [4.78, 5) is 28.2. The maximum absolute atomic E-state index is 12.3. The molecule has 0 unspecified atom stereocenters. The van der Waals surface area contributed by atoms with Crippen LogP contribution < -0.4 is 15.0 Å². The highest BCUT2D eigenvalue weighted by Crippen LogP contribution is 2.30. The number of ether oxygens (including phenoxy) is 1. The van der Waals surface area contributed by atoms with Gasteiger partial charge in [-0.15, -0.1) is 0 Å². The number of likely N-dealkylation sites (N-methyl/N-ethyl adjacent to an activating group) is 1. The fourth-order valence-corrected chi connectivity index (χ4v) is 3.63. The van der Waals surface area contributed by atoms with Crippen molar-refractivity contribution in [3.05, 3.63) is 101 Å². The first kappa shape index (κ1) is 25.7. The molecule has 6 heteroatoms. The number of allylic oxidation sites excluding steroid dienone is 1. The van der Waals surface area contributed by atoms with Gasteiger partial charge in [-0.25, -0.2) is 0 Å². The number of carbonyl (C=O) groups excluding carboxylic acids is 2. The molecule has 0 aliphatic heterocycles. The van der Waals surface area contributed by atoms with Crippen LogP contribution in [0.3, 0.4) is 0 Å². The highest BCUT2D eigenvalue weighted by atomic mass is 16.5. The van der Waals surface area contributed by atoms with Crippen LogP contribution in [0.15, 0.2) is 78.6 Å². The van der Waals surface area contributed by atoms with Gasteiger partial charge in [0, 0.05) is 32.2 Å². The number of aryl methyl sites for hydroxylation is 1. The average molecular weight is 472 g/mol. The van der Waals surface area contributed by atoms with E-state index in [4.69, 9.17) is 4.74 Å². The first-order chi connectivity index (χ1) is 16.9. The van der Waals surface area contributed by atoms with Crippen LogP contribution in [0.1, 0.15) is 27.0 Å². The molecule has 0 aliphatic carbocycles. The Morgan fingerprint density at radius 3 is 2.40 bits per heavy atom. The summed E-state index contributed by atoms with van der Waals surface area (Å²) in [5.41, 5.74) is 4.62. The summed E-state index contributed by atoms with van der Waals surface area (Å²) in [6.07, 6.45) is 2.36. The monoisotopic (exact) mass is 471 g/mol. The molecular weight excluding hydrogens is 438 g/mol. The molecular formula is C29H33N3O3. The van der Waals surface area contributed by atoms with Crippen LogP contribution in [-0.2, 0) is 11.3 Å². The van der Waals surface area contributed by atoms with Crippen LogP contribution in [0.2, 0.25) is 0 Å². The molecule has 3 rings (SSSR count). The van der Waals surface area contributed by atoms with E-state index in [0.717, 1.165) is 17.8 Å². The lowest BCUT2D eigenvalue weighted by Gasteiger charge is -2.22. The van der Waals surface area contributed by atoms with Crippen molar-refractivity contribution in [3.63, 3.8) is 0 Å². The minimum Gasteiger partial charge on any atom is -0.452 e. The van der Waals surface area contributed by atoms with Gasteiger partial charge < -0.3 is 19.9 Å². The number of nitrogens with zero attached hydrogens (tertiary/aromatic N) is 2. The molecule has 3 aromatic carbocycles. The quantitative estimate of drug-likeness (QED) is 0.253. The van der Waals surface area contributed by atoms with Crippen molar-refractivity contribution >= 4 is 24.0 Å². The molecule has 182 valence electrons. The van der Waals surface area contributed by atoms with Crippen LogP contribution in [-0.4, -0.2) is 51.3 Å². The van der Waals surface area contributed by atoms with Crippen LogP contribution in [0.4, 0.5) is 5.69 Å². The Morgan fingerprint density at radius 2 is 1.71 bits per heavy atom. The van der Waals surface area contributed by atoms with Gasteiger partial charge in [0.05, 0.1) is 5.69 Å². The Hall–Kier alpha value is -3.90. The van der Waals surface area contributed by atoms with Gasteiger partial charge >= 0.3 is 0 Å². The summed E-state index contributed by atoms with van der Waals surface area (Å²) >= 11 is 0. The third-order valence-electron chi connectivity index (χ3n) is 5.45. The van der Waals surface area contributed by atoms with Crippen molar-refractivity contribution < 1.29 is 14.3 Å². The van der Waals surface area contributed by atoms with E-state index in [1.54, 1.807) is 30.3 Å². The maximum atomic E-state index is 12.3. The van der Waals surface area contributed by atoms with Gasteiger partial charge in [-0.1, -0.05) is 54.1 Å². The van der Waals surface area contributed by atoms with Crippen molar-refractivity contribution in [2.45, 2.75) is 13.5 Å². The van der Waals surface area contributed by atoms with E-state index in [1.807, 2.05) is 56.4 Å². The van der Waals surface area contributed by atoms with Gasteiger partial charge in [-0.05, 0) is 62.5 Å². The lowest BCUT2D eigenvalue weighted by molar-refractivity contribution is -0.106. The molecule has 0 saturated carbocycles. The minimum absolute atomic E-state index is 0.125. The summed E-state index contributed by atoms with van der Waals surface area (Å²) in [6, 6.07) is 23.1. The van der Waals surface area contributed by atoms with E-state index in [1.165, 1.54) is 11.1 Å². The number of carbonyl (C=O) groups is 2. The van der Waals surface area contributed by atoms with Crippen LogP contribution in [0.5, 0.6) is 5.75 Å². The molecule has 0 radical (unpaired) electrons. The van der Waals surface area contributed by atoms with Gasteiger partial charge in [0.1, 0.15) is 0 Å². The molecule has 0 saturated heterocycles. The third kappa shape index (κ3) is 7.83. The number of para-hydroxylation sites is 2. The van der Waals surface area contributed by atoms with E-state index in [9.17, 15) is 9.59 Å². The molecule has 0 spiro atoms. The third-order valence-corrected chi connectivity index (χ3v) is 5.45. The zero-order chi connectivity index (χ0) is 25.2. The number of hydrogen-bond donors (Lipinski definition) is 1. The molecule has 0 atom stereocenters. The van der Waals surface area contributed by atoms with Gasteiger partial charge in [0.15, 0.2) is 17.8 Å². The molecule has 1 N–H and O–H groups in total. The van der Waals surface area contributed by atoms with E-state index in [0.29, 0.717) is 30.7 Å². The molecule has 0 aliphatic rings. The predicted octanol–water partition coefficient (Wildman–Crippen LogP) is 4.54. The normalized spacial score (nSPS) is 11.3. The summed E-state index contributed by atoms with van der Waals surface area (Å²) < 4.78 is 6.00. The van der Waals surface area contributed by atoms with Gasteiger partial charge in [0.2, 0.25) is 0 Å². The number of nitrogens with one attached hydrogen (secondary N) is 1. The lowest BCUT2D eigenvalue weighted by Crippen LogP contribution is -2.31. The highest BCUT2D eigenvalue weighted by Gasteiger charge is 2.11. The summed E-state index contributed by atoms with van der Waals surface area (Å²) in [6.45, 7) is 4.13. The zero-order valence-corrected chi connectivity index (χ0v) is 20.8. The molecule has 1 amide bonds. The zero-order valence-electron chi connectivity index (χ0n) is 20.8. The minimum atomic E-state index is -0.125. The van der Waals surface area contributed by atoms with Crippen LogP contribution >= 0.6 is 0 Å². The molecule has 0 bridgehead atoms. The lowest BCUT2D eigenvalue weighted by atomic mass is 10.1. The summed E-state index contributed by atoms with van der Waals surface area (Å²) in [5.74, 6) is 0.655. The molecule has 0 aromatic heterocycles. The highest BCUT2D eigenvalue weighted by molar-refractivity contribution is 5.94. The number of amides is 1. The Kier molecular flexibility index (Phi) is 9.21. The molecule has 35 heavy (non-hydrogen) atoms. The summed E-state index contributed by atoms with van der Waals surface area (Å²) in [7, 11) is 5.91. The van der Waals surface area contributed by atoms with Crippen molar-refractivity contribution in [2.24, 2.45) is 0 Å². The smallest absolute Gasteiger partial charge is 0.251 e. The second-order valence-electron chi connectivity index (χ2n) is 8.76. The number of aldehydes is 1. The Bertz CT molecular complexity index is 1170. The number of anilines is 1. The fourth-order valence-electron chi connectivity index (χ4n) is 3.63. The largest absolute Gasteiger partial charge is 0.452 e.